The monoisotopic (exact) mass is 318 g/mol. The molecular formula is C17H18O4S. The lowest BCUT2D eigenvalue weighted by molar-refractivity contribution is -0.111. The molecule has 22 heavy (non-hydrogen) atoms. The van der Waals surface area contributed by atoms with Crippen LogP contribution in [0, 0.1) is 0 Å². The standard InChI is InChI=1S/C17H18O4S/c1-17(2,10-14(18)22)13-9-8-11-6-4-5-7-12(11)15(13)21-16(19)20-3/h4-9H,10H2,1-3H3,(H,18,22). The maximum absolute atomic E-state index is 11.6. The van der Waals surface area contributed by atoms with Gasteiger partial charge in [0.25, 0.3) is 0 Å². The molecule has 0 saturated carbocycles. The summed E-state index contributed by atoms with van der Waals surface area (Å²) in [7, 11) is 1.26. The minimum absolute atomic E-state index is 0.220. The van der Waals surface area contributed by atoms with Crippen LogP contribution in [0.2, 0.25) is 0 Å². The van der Waals surface area contributed by atoms with Crippen molar-refractivity contribution in [1.29, 1.82) is 0 Å². The van der Waals surface area contributed by atoms with Crippen LogP contribution in [-0.2, 0) is 14.9 Å². The fourth-order valence-electron chi connectivity index (χ4n) is 2.48. The summed E-state index contributed by atoms with van der Waals surface area (Å²) in [6.45, 7) is 3.82. The van der Waals surface area contributed by atoms with Gasteiger partial charge in [-0.2, -0.15) is 0 Å². The highest BCUT2D eigenvalue weighted by atomic mass is 32.1. The number of carbonyl (C=O) groups excluding carboxylic acids is 2. The third-order valence-corrected chi connectivity index (χ3v) is 3.71. The quantitative estimate of drug-likeness (QED) is 0.524. The van der Waals surface area contributed by atoms with Crippen LogP contribution >= 0.6 is 12.6 Å². The molecule has 0 bridgehead atoms. The van der Waals surface area contributed by atoms with Gasteiger partial charge in [-0.15, -0.1) is 12.6 Å². The summed E-state index contributed by atoms with van der Waals surface area (Å²) in [5.74, 6) is 0.421. The van der Waals surface area contributed by atoms with Gasteiger partial charge in [-0.25, -0.2) is 4.79 Å². The van der Waals surface area contributed by atoms with Crippen molar-refractivity contribution >= 4 is 34.7 Å². The molecule has 116 valence electrons. The van der Waals surface area contributed by atoms with Crippen molar-refractivity contribution in [3.05, 3.63) is 42.0 Å². The predicted octanol–water partition coefficient (Wildman–Crippen LogP) is 4.11. The minimum atomic E-state index is -0.786. The van der Waals surface area contributed by atoms with Gasteiger partial charge >= 0.3 is 6.16 Å². The molecule has 0 unspecified atom stereocenters. The molecule has 2 aromatic rings. The smallest absolute Gasteiger partial charge is 0.437 e. The second kappa shape index (κ2) is 6.40. The molecular weight excluding hydrogens is 300 g/mol. The molecule has 0 radical (unpaired) electrons. The van der Waals surface area contributed by atoms with E-state index >= 15 is 0 Å². The first-order valence-electron chi connectivity index (χ1n) is 6.85. The lowest BCUT2D eigenvalue weighted by Gasteiger charge is -2.26. The summed E-state index contributed by atoms with van der Waals surface area (Å²) in [6.07, 6.45) is -0.558. The van der Waals surface area contributed by atoms with Gasteiger partial charge in [-0.1, -0.05) is 50.2 Å². The van der Waals surface area contributed by atoms with Crippen LogP contribution in [0.4, 0.5) is 4.79 Å². The van der Waals surface area contributed by atoms with Crippen LogP contribution in [0.3, 0.4) is 0 Å². The summed E-state index contributed by atoms with van der Waals surface area (Å²) < 4.78 is 9.99. The summed E-state index contributed by atoms with van der Waals surface area (Å²) in [4.78, 5) is 23.0. The summed E-state index contributed by atoms with van der Waals surface area (Å²) >= 11 is 3.87. The largest absolute Gasteiger partial charge is 0.513 e. The van der Waals surface area contributed by atoms with E-state index in [4.69, 9.17) is 4.74 Å². The minimum Gasteiger partial charge on any atom is -0.437 e. The first-order valence-corrected chi connectivity index (χ1v) is 7.29. The number of carbonyl (C=O) groups is 2. The lowest BCUT2D eigenvalue weighted by Crippen LogP contribution is -2.22. The number of rotatable bonds is 4. The lowest BCUT2D eigenvalue weighted by atomic mass is 9.80. The van der Waals surface area contributed by atoms with Crippen molar-refractivity contribution in [2.45, 2.75) is 25.7 Å². The molecule has 4 nitrogen and oxygen atoms in total. The zero-order valence-corrected chi connectivity index (χ0v) is 13.6. The molecule has 0 atom stereocenters. The Labute approximate surface area is 134 Å². The van der Waals surface area contributed by atoms with Crippen molar-refractivity contribution in [3.63, 3.8) is 0 Å². The van der Waals surface area contributed by atoms with E-state index < -0.39 is 11.6 Å². The molecule has 0 aliphatic carbocycles. The number of ether oxygens (including phenoxy) is 2. The molecule has 0 fully saturated rings. The molecule has 0 aliphatic heterocycles. The number of hydrogen-bond acceptors (Lipinski definition) is 4. The molecule has 2 rings (SSSR count). The van der Waals surface area contributed by atoms with Gasteiger partial charge in [-0.3, -0.25) is 4.79 Å². The Bertz CT molecular complexity index is 722. The van der Waals surface area contributed by atoms with Gasteiger partial charge in [0.05, 0.1) is 7.11 Å². The van der Waals surface area contributed by atoms with E-state index in [1.54, 1.807) is 0 Å². The Morgan fingerprint density at radius 1 is 1.14 bits per heavy atom. The molecule has 0 aliphatic rings. The third-order valence-electron chi connectivity index (χ3n) is 3.55. The van der Waals surface area contributed by atoms with Gasteiger partial charge in [-0.05, 0) is 5.39 Å². The zero-order valence-electron chi connectivity index (χ0n) is 12.8. The molecule has 0 N–H and O–H groups in total. The third kappa shape index (κ3) is 3.42. The van der Waals surface area contributed by atoms with E-state index in [9.17, 15) is 9.59 Å². The first-order chi connectivity index (χ1) is 10.3. The second-order valence-corrected chi connectivity index (χ2v) is 6.17. The highest BCUT2D eigenvalue weighted by Crippen LogP contribution is 2.39. The van der Waals surface area contributed by atoms with E-state index in [-0.39, 0.29) is 11.5 Å². The Morgan fingerprint density at radius 2 is 1.82 bits per heavy atom. The molecule has 0 amide bonds. The molecule has 0 spiro atoms. The van der Waals surface area contributed by atoms with Crippen molar-refractivity contribution in [2.24, 2.45) is 0 Å². The van der Waals surface area contributed by atoms with Gasteiger partial charge in [0.1, 0.15) is 5.75 Å². The zero-order chi connectivity index (χ0) is 16.3. The highest BCUT2D eigenvalue weighted by molar-refractivity contribution is 7.96. The fourth-order valence-corrected chi connectivity index (χ4v) is 2.88. The molecule has 0 aromatic heterocycles. The highest BCUT2D eigenvalue weighted by Gasteiger charge is 2.28. The molecule has 5 heteroatoms. The summed E-state index contributed by atoms with van der Waals surface area (Å²) in [5.41, 5.74) is 0.241. The van der Waals surface area contributed by atoms with E-state index in [1.165, 1.54) is 7.11 Å². The van der Waals surface area contributed by atoms with Crippen LogP contribution in [0.5, 0.6) is 5.75 Å². The van der Waals surface area contributed by atoms with Crippen molar-refractivity contribution in [3.8, 4) is 5.75 Å². The normalized spacial score (nSPS) is 11.3. The van der Waals surface area contributed by atoms with Crippen LogP contribution < -0.4 is 4.74 Å². The number of hydrogen-bond donors (Lipinski definition) is 1. The maximum Gasteiger partial charge on any atom is 0.513 e. The molecule has 2 aromatic carbocycles. The average molecular weight is 318 g/mol. The molecule has 0 heterocycles. The van der Waals surface area contributed by atoms with E-state index in [0.717, 1.165) is 16.3 Å². The summed E-state index contributed by atoms with van der Waals surface area (Å²) in [6, 6.07) is 11.4. The van der Waals surface area contributed by atoms with Crippen LogP contribution in [0.1, 0.15) is 25.8 Å². The number of methoxy groups -OCH3 is 1. The van der Waals surface area contributed by atoms with Crippen molar-refractivity contribution < 1.29 is 19.1 Å². The summed E-state index contributed by atoms with van der Waals surface area (Å²) in [5, 5.41) is 1.52. The van der Waals surface area contributed by atoms with Crippen molar-refractivity contribution in [2.75, 3.05) is 7.11 Å². The second-order valence-electron chi connectivity index (χ2n) is 5.67. The SMILES string of the molecule is COC(=O)Oc1c(C(C)(C)CC(=O)S)ccc2ccccc12. The Morgan fingerprint density at radius 3 is 2.45 bits per heavy atom. The van der Waals surface area contributed by atoms with Gasteiger partial charge in [0, 0.05) is 22.8 Å². The van der Waals surface area contributed by atoms with Crippen LogP contribution in [0.25, 0.3) is 10.8 Å². The Kier molecular flexibility index (Phi) is 4.76. The number of fused-ring (bicyclic) bond motifs is 1. The van der Waals surface area contributed by atoms with E-state index in [0.29, 0.717) is 5.75 Å². The number of benzene rings is 2. The van der Waals surface area contributed by atoms with Gasteiger partial charge < -0.3 is 9.47 Å². The van der Waals surface area contributed by atoms with Crippen LogP contribution in [-0.4, -0.2) is 18.4 Å². The molecule has 0 saturated heterocycles. The Balaban J connectivity index is 2.64. The average Bonchev–Trinajstić information content (AvgIpc) is 2.45. The maximum atomic E-state index is 11.6. The predicted molar refractivity (Wildman–Crippen MR) is 88.6 cm³/mol. The van der Waals surface area contributed by atoms with Crippen LogP contribution in [0.15, 0.2) is 36.4 Å². The van der Waals surface area contributed by atoms with Gasteiger partial charge in [0.2, 0.25) is 0 Å². The van der Waals surface area contributed by atoms with Crippen molar-refractivity contribution in [1.82, 2.24) is 0 Å². The van der Waals surface area contributed by atoms with Gasteiger partial charge in [0.15, 0.2) is 5.12 Å². The fraction of sp³-hybridized carbons (Fsp3) is 0.294. The first kappa shape index (κ1) is 16.4. The number of thiol groups is 1. The van der Waals surface area contributed by atoms with E-state index in [2.05, 4.69) is 17.4 Å². The topological polar surface area (TPSA) is 52.6 Å². The Hall–Kier alpha value is -2.01. The van der Waals surface area contributed by atoms with E-state index in [1.807, 2.05) is 50.2 Å².